The van der Waals surface area contributed by atoms with E-state index >= 15 is 0 Å². The number of ether oxygens (including phenoxy) is 1. The van der Waals surface area contributed by atoms with Crippen LogP contribution in [0, 0.1) is 19.8 Å². The lowest BCUT2D eigenvalue weighted by Crippen LogP contribution is -2.22. The van der Waals surface area contributed by atoms with Gasteiger partial charge in [0.15, 0.2) is 0 Å². The van der Waals surface area contributed by atoms with Crippen molar-refractivity contribution < 1.29 is 9.84 Å². The van der Waals surface area contributed by atoms with Gasteiger partial charge in [0.05, 0.1) is 12.7 Å². The molecule has 1 fully saturated rings. The molecule has 0 heterocycles. The first-order chi connectivity index (χ1) is 9.06. The van der Waals surface area contributed by atoms with Crippen LogP contribution in [0.25, 0.3) is 0 Å². The molecule has 1 atom stereocenters. The van der Waals surface area contributed by atoms with E-state index in [4.69, 9.17) is 4.74 Å². The van der Waals surface area contributed by atoms with Crippen LogP contribution in [0.15, 0.2) is 18.2 Å². The van der Waals surface area contributed by atoms with Crippen molar-refractivity contribution in [3.05, 3.63) is 34.9 Å². The Morgan fingerprint density at radius 2 is 1.84 bits per heavy atom. The van der Waals surface area contributed by atoms with Gasteiger partial charge in [-0.05, 0) is 62.1 Å². The van der Waals surface area contributed by atoms with Gasteiger partial charge in [0.1, 0.15) is 6.10 Å². The summed E-state index contributed by atoms with van der Waals surface area (Å²) in [4.78, 5) is 0. The first-order valence-electron chi connectivity index (χ1n) is 7.43. The summed E-state index contributed by atoms with van der Waals surface area (Å²) < 4.78 is 5.87. The molecule has 0 saturated heterocycles. The Labute approximate surface area is 116 Å². The standard InChI is InChI=1S/C17H26O2/c1-12-4-8-16(9-5-12)19-11-17(18)15-7-6-13(2)14(3)10-15/h6-7,10,12,16-18H,4-5,8-9,11H2,1-3H3. The van der Waals surface area contributed by atoms with Gasteiger partial charge >= 0.3 is 0 Å². The second kappa shape index (κ2) is 6.53. The summed E-state index contributed by atoms with van der Waals surface area (Å²) >= 11 is 0. The number of aryl methyl sites for hydroxylation is 2. The number of aliphatic hydroxyl groups is 1. The molecule has 1 unspecified atom stereocenters. The largest absolute Gasteiger partial charge is 0.386 e. The molecular formula is C17H26O2. The highest BCUT2D eigenvalue weighted by atomic mass is 16.5. The fraction of sp³-hybridized carbons (Fsp3) is 0.647. The maximum atomic E-state index is 10.2. The SMILES string of the molecule is Cc1ccc(C(O)COC2CCC(C)CC2)cc1C. The van der Waals surface area contributed by atoms with Crippen molar-refractivity contribution in [3.63, 3.8) is 0 Å². The van der Waals surface area contributed by atoms with Gasteiger partial charge in [0.25, 0.3) is 0 Å². The molecule has 0 aliphatic heterocycles. The van der Waals surface area contributed by atoms with Crippen molar-refractivity contribution in [1.82, 2.24) is 0 Å². The molecule has 106 valence electrons. The monoisotopic (exact) mass is 262 g/mol. The maximum Gasteiger partial charge on any atom is 0.102 e. The van der Waals surface area contributed by atoms with Crippen molar-refractivity contribution in [2.24, 2.45) is 5.92 Å². The number of benzene rings is 1. The molecular weight excluding hydrogens is 236 g/mol. The predicted molar refractivity (Wildman–Crippen MR) is 78.2 cm³/mol. The first-order valence-corrected chi connectivity index (χ1v) is 7.43. The summed E-state index contributed by atoms with van der Waals surface area (Å²) in [6.07, 6.45) is 4.63. The third-order valence-corrected chi connectivity index (χ3v) is 4.37. The Morgan fingerprint density at radius 3 is 2.47 bits per heavy atom. The number of hydrogen-bond acceptors (Lipinski definition) is 2. The zero-order valence-electron chi connectivity index (χ0n) is 12.4. The normalized spacial score (nSPS) is 25.3. The molecule has 19 heavy (non-hydrogen) atoms. The van der Waals surface area contributed by atoms with Gasteiger partial charge in [-0.25, -0.2) is 0 Å². The molecule has 0 spiro atoms. The highest BCUT2D eigenvalue weighted by molar-refractivity contribution is 5.31. The van der Waals surface area contributed by atoms with Crippen molar-refractivity contribution >= 4 is 0 Å². The highest BCUT2D eigenvalue weighted by Crippen LogP contribution is 2.26. The second-order valence-electron chi connectivity index (χ2n) is 6.07. The molecule has 0 aromatic heterocycles. The highest BCUT2D eigenvalue weighted by Gasteiger charge is 2.20. The molecule has 0 radical (unpaired) electrons. The van der Waals surface area contributed by atoms with Gasteiger partial charge in [0.2, 0.25) is 0 Å². The predicted octanol–water partition coefficient (Wildman–Crippen LogP) is 3.93. The Balaban J connectivity index is 1.83. The number of hydrogen-bond donors (Lipinski definition) is 1. The lowest BCUT2D eigenvalue weighted by atomic mass is 9.89. The van der Waals surface area contributed by atoms with E-state index in [1.54, 1.807) is 0 Å². The van der Waals surface area contributed by atoms with E-state index in [0.29, 0.717) is 12.7 Å². The Morgan fingerprint density at radius 1 is 1.16 bits per heavy atom. The van der Waals surface area contributed by atoms with Gasteiger partial charge < -0.3 is 9.84 Å². The van der Waals surface area contributed by atoms with Crippen molar-refractivity contribution in [2.75, 3.05) is 6.61 Å². The second-order valence-corrected chi connectivity index (χ2v) is 6.07. The summed E-state index contributed by atoms with van der Waals surface area (Å²) in [7, 11) is 0. The summed E-state index contributed by atoms with van der Waals surface area (Å²) in [5, 5.41) is 10.2. The molecule has 1 saturated carbocycles. The third kappa shape index (κ3) is 4.05. The fourth-order valence-corrected chi connectivity index (χ4v) is 2.69. The fourth-order valence-electron chi connectivity index (χ4n) is 2.69. The van der Waals surface area contributed by atoms with Gasteiger partial charge in [-0.15, -0.1) is 0 Å². The smallest absolute Gasteiger partial charge is 0.102 e. The summed E-state index contributed by atoms with van der Waals surface area (Å²) in [6.45, 7) is 6.89. The van der Waals surface area contributed by atoms with E-state index in [0.717, 1.165) is 24.3 Å². The van der Waals surface area contributed by atoms with Gasteiger partial charge in [-0.3, -0.25) is 0 Å². The third-order valence-electron chi connectivity index (χ3n) is 4.37. The van der Waals surface area contributed by atoms with E-state index < -0.39 is 6.10 Å². The van der Waals surface area contributed by atoms with Crippen LogP contribution in [0.3, 0.4) is 0 Å². The van der Waals surface area contributed by atoms with E-state index in [1.165, 1.54) is 24.0 Å². The van der Waals surface area contributed by atoms with Crippen LogP contribution in [0.1, 0.15) is 55.4 Å². The molecule has 1 aliphatic carbocycles. The van der Waals surface area contributed by atoms with Crippen molar-refractivity contribution in [1.29, 1.82) is 0 Å². The molecule has 1 aliphatic rings. The molecule has 0 bridgehead atoms. The Bertz CT molecular complexity index is 406. The van der Waals surface area contributed by atoms with Crippen LogP contribution >= 0.6 is 0 Å². The summed E-state index contributed by atoms with van der Waals surface area (Å²) in [6, 6.07) is 6.13. The van der Waals surface area contributed by atoms with E-state index in [2.05, 4.69) is 32.9 Å². The first kappa shape index (κ1) is 14.5. The minimum absolute atomic E-state index is 0.345. The molecule has 2 heteroatoms. The number of rotatable bonds is 4. The molecule has 1 aromatic carbocycles. The van der Waals surface area contributed by atoms with E-state index in [9.17, 15) is 5.11 Å². The lowest BCUT2D eigenvalue weighted by Gasteiger charge is -2.27. The van der Waals surface area contributed by atoms with Crippen molar-refractivity contribution in [3.8, 4) is 0 Å². The van der Waals surface area contributed by atoms with Crippen LogP contribution in [0.4, 0.5) is 0 Å². The van der Waals surface area contributed by atoms with Gasteiger partial charge in [-0.2, -0.15) is 0 Å². The van der Waals surface area contributed by atoms with Gasteiger partial charge in [0, 0.05) is 0 Å². The van der Waals surface area contributed by atoms with Crippen LogP contribution in [-0.2, 0) is 4.74 Å². The lowest BCUT2D eigenvalue weighted by molar-refractivity contribution is -0.0294. The quantitative estimate of drug-likeness (QED) is 0.890. The summed E-state index contributed by atoms with van der Waals surface area (Å²) in [5.74, 6) is 0.838. The average Bonchev–Trinajstić information content (AvgIpc) is 2.41. The molecule has 1 aromatic rings. The zero-order chi connectivity index (χ0) is 13.8. The van der Waals surface area contributed by atoms with E-state index in [1.807, 2.05) is 6.07 Å². The molecule has 2 rings (SSSR count). The Kier molecular flexibility index (Phi) is 5.00. The maximum absolute atomic E-state index is 10.2. The zero-order valence-corrected chi connectivity index (χ0v) is 12.4. The average molecular weight is 262 g/mol. The Hall–Kier alpha value is -0.860. The van der Waals surface area contributed by atoms with Crippen LogP contribution in [0.5, 0.6) is 0 Å². The minimum atomic E-state index is -0.501. The minimum Gasteiger partial charge on any atom is -0.386 e. The summed E-state index contributed by atoms with van der Waals surface area (Å²) in [5.41, 5.74) is 3.45. The number of aliphatic hydroxyl groups excluding tert-OH is 1. The van der Waals surface area contributed by atoms with Crippen LogP contribution < -0.4 is 0 Å². The van der Waals surface area contributed by atoms with Gasteiger partial charge in [-0.1, -0.05) is 25.1 Å². The van der Waals surface area contributed by atoms with Crippen LogP contribution in [0.2, 0.25) is 0 Å². The van der Waals surface area contributed by atoms with Crippen molar-refractivity contribution in [2.45, 2.75) is 58.7 Å². The molecule has 1 N–H and O–H groups in total. The molecule has 2 nitrogen and oxygen atoms in total. The topological polar surface area (TPSA) is 29.5 Å². The van der Waals surface area contributed by atoms with Crippen LogP contribution in [-0.4, -0.2) is 17.8 Å². The molecule has 0 amide bonds. The van der Waals surface area contributed by atoms with E-state index in [-0.39, 0.29) is 0 Å².